The van der Waals surface area contributed by atoms with Gasteiger partial charge < -0.3 is 9.47 Å². The average Bonchev–Trinajstić information content (AvgIpc) is 3.70. The molecule has 0 aliphatic rings. The summed E-state index contributed by atoms with van der Waals surface area (Å²) < 4.78 is 14.0. The number of rotatable bonds is 12. The summed E-state index contributed by atoms with van der Waals surface area (Å²) in [5.41, 5.74) is 2.26. The van der Waals surface area contributed by atoms with Gasteiger partial charge in [-0.3, -0.25) is 0 Å². The Labute approximate surface area is 251 Å². The van der Waals surface area contributed by atoms with Crippen molar-refractivity contribution in [2.45, 2.75) is 86.2 Å². The van der Waals surface area contributed by atoms with Crippen LogP contribution >= 0.6 is 0 Å². The molecule has 0 amide bonds. The van der Waals surface area contributed by atoms with Gasteiger partial charge in [-0.15, -0.1) is 0 Å². The van der Waals surface area contributed by atoms with Crippen LogP contribution in [0.5, 0.6) is 0 Å². The number of unbranched alkanes of at least 4 members (excludes halogenated alkanes) is 1. The second kappa shape index (κ2) is 19.2. The SMILES string of the molecule is CC.CCC(CCC(C)/C=N/c1c(-c2cnn(-c3ccccc3)c2)cnn1/C(C)=C/C#N)(OC)C(=O)OC.CCCC. The van der Waals surface area contributed by atoms with Crippen molar-refractivity contribution in [3.8, 4) is 22.9 Å². The highest BCUT2D eigenvalue weighted by molar-refractivity contribution is 5.80. The minimum Gasteiger partial charge on any atom is -0.467 e. The molecule has 0 radical (unpaired) electrons. The van der Waals surface area contributed by atoms with Gasteiger partial charge in [0.1, 0.15) is 0 Å². The van der Waals surface area contributed by atoms with Crippen molar-refractivity contribution in [1.82, 2.24) is 19.6 Å². The highest BCUT2D eigenvalue weighted by Gasteiger charge is 2.37. The number of hydrogen-bond acceptors (Lipinski definition) is 7. The average molecular weight is 577 g/mol. The Kier molecular flexibility index (Phi) is 16.4. The van der Waals surface area contributed by atoms with E-state index >= 15 is 0 Å². The number of nitriles is 1. The van der Waals surface area contributed by atoms with E-state index in [2.05, 4.69) is 24.0 Å². The molecule has 0 saturated heterocycles. The molecule has 228 valence electrons. The standard InChI is InChI=1S/C27H32N6O3.C4H10.C2H6/c1-6-27(36-5,26(34)35-4)14-12-20(2)16-29-25-24(18-31-33(25)21(3)13-15-28)22-17-30-32(19-22)23-10-8-7-9-11-23;1-3-4-2;1-2/h7-11,13,16-20H,6,12,14H2,1-5H3;3-4H2,1-2H3;1-2H3/b21-13+,29-16+;;. The predicted octanol–water partition coefficient (Wildman–Crippen LogP) is 8.04. The number of aromatic nitrogens is 4. The lowest BCUT2D eigenvalue weighted by molar-refractivity contribution is -0.167. The molecule has 9 heteroatoms. The number of hydrogen-bond donors (Lipinski definition) is 0. The van der Waals surface area contributed by atoms with Gasteiger partial charge in [-0.05, 0) is 44.2 Å². The van der Waals surface area contributed by atoms with E-state index in [4.69, 9.17) is 19.7 Å². The topological polar surface area (TPSA) is 107 Å². The van der Waals surface area contributed by atoms with Crippen molar-refractivity contribution in [1.29, 1.82) is 5.26 Å². The van der Waals surface area contributed by atoms with E-state index in [0.717, 1.165) is 16.8 Å². The highest BCUT2D eigenvalue weighted by Crippen LogP contribution is 2.33. The van der Waals surface area contributed by atoms with Crippen LogP contribution in [0.15, 0.2) is 60.0 Å². The summed E-state index contributed by atoms with van der Waals surface area (Å²) in [7, 11) is 2.90. The first-order chi connectivity index (χ1) is 20.3. The van der Waals surface area contributed by atoms with E-state index in [1.54, 1.807) is 28.7 Å². The van der Waals surface area contributed by atoms with Crippen LogP contribution in [0.3, 0.4) is 0 Å². The Morgan fingerprint density at radius 2 is 1.79 bits per heavy atom. The Bertz CT molecular complexity index is 1290. The molecule has 0 N–H and O–H groups in total. The first-order valence-corrected chi connectivity index (χ1v) is 14.7. The van der Waals surface area contributed by atoms with E-state index in [1.165, 1.54) is 33.1 Å². The number of allylic oxidation sites excluding steroid dienone is 2. The maximum Gasteiger partial charge on any atom is 0.338 e. The van der Waals surface area contributed by atoms with Crippen LogP contribution in [0.2, 0.25) is 0 Å². The molecule has 0 saturated carbocycles. The van der Waals surface area contributed by atoms with Crippen LogP contribution in [0.25, 0.3) is 22.5 Å². The monoisotopic (exact) mass is 576 g/mol. The van der Waals surface area contributed by atoms with Crippen LogP contribution in [0.4, 0.5) is 5.82 Å². The number of ether oxygens (including phenoxy) is 2. The zero-order valence-corrected chi connectivity index (χ0v) is 26.8. The number of benzene rings is 1. The number of carbonyl (C=O) groups excluding carboxylic acids is 1. The molecule has 9 nitrogen and oxygen atoms in total. The quantitative estimate of drug-likeness (QED) is 0.123. The number of methoxy groups -OCH3 is 2. The summed E-state index contributed by atoms with van der Waals surface area (Å²) in [5.74, 6) is 0.267. The number of carbonyl (C=O) groups is 1. The molecular weight excluding hydrogens is 528 g/mol. The summed E-state index contributed by atoms with van der Waals surface area (Å²) in [6.07, 6.45) is 13.0. The number of nitrogens with zero attached hydrogens (tertiary/aromatic N) is 6. The first-order valence-electron chi connectivity index (χ1n) is 14.7. The smallest absolute Gasteiger partial charge is 0.338 e. The number of para-hydroxylation sites is 1. The fraction of sp³-hybridized carbons (Fsp3) is 0.485. The molecule has 0 bridgehead atoms. The Hall–Kier alpha value is -4.03. The van der Waals surface area contributed by atoms with E-state index in [1.807, 2.05) is 76.5 Å². The van der Waals surface area contributed by atoms with Crippen molar-refractivity contribution in [3.05, 3.63) is 55.0 Å². The van der Waals surface area contributed by atoms with Gasteiger partial charge in [0.05, 0.1) is 37.0 Å². The Balaban J connectivity index is 0.00000135. The molecule has 2 unspecified atom stereocenters. The lowest BCUT2D eigenvalue weighted by Gasteiger charge is -2.28. The summed E-state index contributed by atoms with van der Waals surface area (Å²) in [5, 5.41) is 18.1. The minimum absolute atomic E-state index is 0.0409. The third-order valence-corrected chi connectivity index (χ3v) is 6.74. The van der Waals surface area contributed by atoms with Crippen LogP contribution in [0.1, 0.15) is 80.6 Å². The van der Waals surface area contributed by atoms with Crippen molar-refractivity contribution in [3.63, 3.8) is 0 Å². The van der Waals surface area contributed by atoms with Crippen LogP contribution in [-0.2, 0) is 14.3 Å². The van der Waals surface area contributed by atoms with E-state index in [-0.39, 0.29) is 11.9 Å². The lowest BCUT2D eigenvalue weighted by Crippen LogP contribution is -2.41. The second-order valence-electron chi connectivity index (χ2n) is 9.56. The van der Waals surface area contributed by atoms with Gasteiger partial charge in [0.15, 0.2) is 11.4 Å². The van der Waals surface area contributed by atoms with Crippen LogP contribution in [-0.4, -0.2) is 51.6 Å². The first kappa shape index (κ1) is 36.0. The van der Waals surface area contributed by atoms with Gasteiger partial charge in [-0.2, -0.15) is 15.5 Å². The molecule has 0 aliphatic heterocycles. The molecule has 42 heavy (non-hydrogen) atoms. The Morgan fingerprint density at radius 3 is 2.33 bits per heavy atom. The summed E-state index contributed by atoms with van der Waals surface area (Å²) in [4.78, 5) is 17.1. The predicted molar refractivity (Wildman–Crippen MR) is 171 cm³/mol. The van der Waals surface area contributed by atoms with E-state index in [0.29, 0.717) is 30.8 Å². The van der Waals surface area contributed by atoms with Crippen molar-refractivity contribution in [2.75, 3.05) is 14.2 Å². The second-order valence-corrected chi connectivity index (χ2v) is 9.56. The molecule has 0 spiro atoms. The molecule has 0 fully saturated rings. The molecule has 2 atom stereocenters. The van der Waals surface area contributed by atoms with Gasteiger partial charge >= 0.3 is 5.97 Å². The van der Waals surface area contributed by atoms with Gasteiger partial charge in [-0.25, -0.2) is 19.2 Å². The minimum atomic E-state index is -0.970. The van der Waals surface area contributed by atoms with Gasteiger partial charge in [0, 0.05) is 36.7 Å². The van der Waals surface area contributed by atoms with Crippen LogP contribution in [0, 0.1) is 17.2 Å². The van der Waals surface area contributed by atoms with Crippen molar-refractivity contribution in [2.24, 2.45) is 10.9 Å². The highest BCUT2D eigenvalue weighted by atomic mass is 16.6. The Morgan fingerprint density at radius 1 is 1.12 bits per heavy atom. The third kappa shape index (κ3) is 9.81. The maximum atomic E-state index is 12.3. The van der Waals surface area contributed by atoms with Crippen molar-refractivity contribution >= 4 is 23.7 Å². The fourth-order valence-electron chi connectivity index (χ4n) is 3.94. The summed E-state index contributed by atoms with van der Waals surface area (Å²) in [6, 6.07) is 11.9. The molecule has 1 aromatic carbocycles. The molecular formula is C33H48N6O3. The van der Waals surface area contributed by atoms with Crippen LogP contribution < -0.4 is 0 Å². The number of aliphatic imine (C=N–C) groups is 1. The molecule has 3 rings (SSSR count). The zero-order chi connectivity index (χ0) is 31.5. The van der Waals surface area contributed by atoms with E-state index in [9.17, 15) is 4.79 Å². The number of esters is 1. The molecule has 3 aromatic rings. The van der Waals surface area contributed by atoms with Gasteiger partial charge in [-0.1, -0.05) is 72.6 Å². The summed E-state index contributed by atoms with van der Waals surface area (Å²) >= 11 is 0. The van der Waals surface area contributed by atoms with Gasteiger partial charge in [0.2, 0.25) is 0 Å². The van der Waals surface area contributed by atoms with Crippen molar-refractivity contribution < 1.29 is 14.3 Å². The molecule has 0 aliphatic carbocycles. The molecule has 2 aromatic heterocycles. The third-order valence-electron chi connectivity index (χ3n) is 6.74. The fourth-order valence-corrected chi connectivity index (χ4v) is 3.94. The van der Waals surface area contributed by atoms with E-state index < -0.39 is 5.60 Å². The zero-order valence-electron chi connectivity index (χ0n) is 26.8. The molecule has 2 heterocycles. The van der Waals surface area contributed by atoms with Gasteiger partial charge in [0.25, 0.3) is 0 Å². The largest absolute Gasteiger partial charge is 0.467 e. The normalized spacial score (nSPS) is 13.2. The summed E-state index contributed by atoms with van der Waals surface area (Å²) in [6.45, 7) is 14.1. The lowest BCUT2D eigenvalue weighted by atomic mass is 9.90. The maximum absolute atomic E-state index is 12.3.